The van der Waals surface area contributed by atoms with Crippen molar-refractivity contribution in [3.05, 3.63) is 53.0 Å². The molecule has 118 valence electrons. The summed E-state index contributed by atoms with van der Waals surface area (Å²) in [7, 11) is 0. The minimum Gasteiger partial charge on any atom is -0.466 e. The summed E-state index contributed by atoms with van der Waals surface area (Å²) in [5.74, 6) is -0.0147. The van der Waals surface area contributed by atoms with Crippen LogP contribution < -0.4 is 5.32 Å². The maximum atomic E-state index is 12.0. The molecule has 0 spiro atoms. The minimum atomic E-state index is -0.965. The van der Waals surface area contributed by atoms with Crippen molar-refractivity contribution in [1.82, 2.24) is 0 Å². The number of amides is 1. The molecular weight excluding hydrogens is 296 g/mol. The third-order valence-electron chi connectivity index (χ3n) is 3.20. The molecule has 1 aromatic carbocycles. The molecule has 0 aliphatic rings. The number of hydrogen-bond donors (Lipinski definition) is 1. The van der Waals surface area contributed by atoms with Crippen molar-refractivity contribution in [2.45, 2.75) is 26.9 Å². The zero-order chi connectivity index (χ0) is 17.0. The van der Waals surface area contributed by atoms with Crippen molar-refractivity contribution in [2.75, 3.05) is 5.32 Å². The number of benzene rings is 1. The lowest BCUT2D eigenvalue weighted by molar-refractivity contribution is -0.123. The van der Waals surface area contributed by atoms with E-state index in [0.29, 0.717) is 28.3 Å². The lowest BCUT2D eigenvalue weighted by Crippen LogP contribution is -2.30. The number of carbonyl (C=O) groups excluding carboxylic acids is 2. The first kappa shape index (κ1) is 16.3. The Hall–Kier alpha value is -3.07. The Morgan fingerprint density at radius 1 is 1.26 bits per heavy atom. The number of nitriles is 1. The van der Waals surface area contributed by atoms with E-state index < -0.39 is 18.0 Å². The van der Waals surface area contributed by atoms with E-state index >= 15 is 0 Å². The number of ether oxygens (including phenoxy) is 1. The topological polar surface area (TPSA) is 92.3 Å². The van der Waals surface area contributed by atoms with Crippen LogP contribution in [0.15, 0.2) is 34.7 Å². The molecule has 0 bridgehead atoms. The number of rotatable bonds is 4. The molecule has 2 aromatic rings. The maximum Gasteiger partial charge on any atom is 0.342 e. The molecule has 1 atom stereocenters. The average molecular weight is 312 g/mol. The molecule has 0 saturated heterocycles. The second kappa shape index (κ2) is 6.79. The largest absolute Gasteiger partial charge is 0.466 e. The van der Waals surface area contributed by atoms with Gasteiger partial charge in [0.15, 0.2) is 6.10 Å². The van der Waals surface area contributed by atoms with E-state index in [1.165, 1.54) is 6.92 Å². The summed E-state index contributed by atoms with van der Waals surface area (Å²) < 4.78 is 10.4. The number of nitrogens with zero attached hydrogens (tertiary/aromatic N) is 1. The smallest absolute Gasteiger partial charge is 0.342 e. The highest BCUT2D eigenvalue weighted by Crippen LogP contribution is 2.16. The van der Waals surface area contributed by atoms with Gasteiger partial charge in [0, 0.05) is 5.69 Å². The highest BCUT2D eigenvalue weighted by molar-refractivity contribution is 5.97. The van der Waals surface area contributed by atoms with Crippen LogP contribution in [-0.4, -0.2) is 18.0 Å². The number of anilines is 1. The van der Waals surface area contributed by atoms with Gasteiger partial charge in [0.05, 0.1) is 11.6 Å². The number of aryl methyl sites for hydroxylation is 2. The molecule has 2 rings (SSSR count). The van der Waals surface area contributed by atoms with Crippen molar-refractivity contribution in [2.24, 2.45) is 0 Å². The van der Waals surface area contributed by atoms with E-state index in [0.717, 1.165) is 0 Å². The lowest BCUT2D eigenvalue weighted by atomic mass is 10.2. The first-order valence-corrected chi connectivity index (χ1v) is 6.99. The van der Waals surface area contributed by atoms with Gasteiger partial charge in [-0.25, -0.2) is 4.79 Å². The Morgan fingerprint density at radius 3 is 2.43 bits per heavy atom. The van der Waals surface area contributed by atoms with E-state index in [-0.39, 0.29) is 0 Å². The first-order chi connectivity index (χ1) is 10.9. The molecule has 23 heavy (non-hydrogen) atoms. The monoisotopic (exact) mass is 312 g/mol. The molecule has 1 N–H and O–H groups in total. The van der Waals surface area contributed by atoms with Gasteiger partial charge in [0.1, 0.15) is 17.1 Å². The number of hydrogen-bond acceptors (Lipinski definition) is 5. The SMILES string of the molecule is Cc1cc(C(=O)O[C@@H](C)C(=O)Nc2ccc(C#N)cc2)c(C)o1. The fourth-order valence-electron chi connectivity index (χ4n) is 1.98. The number of carbonyl (C=O) groups is 2. The van der Waals surface area contributed by atoms with Crippen LogP contribution in [0, 0.1) is 25.2 Å². The molecule has 0 unspecified atom stereocenters. The van der Waals surface area contributed by atoms with Gasteiger partial charge in [-0.2, -0.15) is 5.26 Å². The van der Waals surface area contributed by atoms with Gasteiger partial charge in [0.25, 0.3) is 5.91 Å². The molecule has 1 amide bonds. The van der Waals surface area contributed by atoms with Crippen molar-refractivity contribution in [3.63, 3.8) is 0 Å². The van der Waals surface area contributed by atoms with Crippen LogP contribution in [0.1, 0.15) is 34.4 Å². The molecule has 0 radical (unpaired) electrons. The quantitative estimate of drug-likeness (QED) is 0.876. The average Bonchev–Trinajstić information content (AvgIpc) is 2.86. The van der Waals surface area contributed by atoms with Gasteiger partial charge in [-0.1, -0.05) is 0 Å². The van der Waals surface area contributed by atoms with Crippen LogP contribution in [0.2, 0.25) is 0 Å². The number of nitrogens with one attached hydrogen (secondary N) is 1. The number of furan rings is 1. The summed E-state index contributed by atoms with van der Waals surface area (Å²) in [5, 5.41) is 11.3. The normalized spacial score (nSPS) is 11.4. The van der Waals surface area contributed by atoms with Gasteiger partial charge in [0.2, 0.25) is 0 Å². The summed E-state index contributed by atoms with van der Waals surface area (Å²) in [6.45, 7) is 4.87. The molecule has 0 aliphatic carbocycles. The molecule has 0 saturated carbocycles. The Morgan fingerprint density at radius 2 is 1.91 bits per heavy atom. The molecule has 1 heterocycles. The van der Waals surface area contributed by atoms with Gasteiger partial charge in [-0.3, -0.25) is 4.79 Å². The minimum absolute atomic E-state index is 0.306. The first-order valence-electron chi connectivity index (χ1n) is 6.99. The Bertz CT molecular complexity index is 769. The molecule has 6 heteroatoms. The summed E-state index contributed by atoms with van der Waals surface area (Å²) in [6.07, 6.45) is -0.965. The molecule has 0 aliphatic heterocycles. The van der Waals surface area contributed by atoms with Crippen molar-refractivity contribution in [1.29, 1.82) is 5.26 Å². The second-order valence-electron chi connectivity index (χ2n) is 5.05. The van der Waals surface area contributed by atoms with Gasteiger partial charge in [-0.05, 0) is 51.1 Å². The molecular formula is C17H16N2O4. The van der Waals surface area contributed by atoms with Crippen LogP contribution in [0.4, 0.5) is 5.69 Å². The van der Waals surface area contributed by atoms with E-state index in [1.807, 2.05) is 6.07 Å². The molecule has 0 fully saturated rings. The molecule has 1 aromatic heterocycles. The summed E-state index contributed by atoms with van der Waals surface area (Å²) >= 11 is 0. The van der Waals surface area contributed by atoms with Crippen LogP contribution in [0.25, 0.3) is 0 Å². The predicted octanol–water partition coefficient (Wildman–Crippen LogP) is 2.95. The second-order valence-corrected chi connectivity index (χ2v) is 5.05. The van der Waals surface area contributed by atoms with Gasteiger partial charge in [-0.15, -0.1) is 0 Å². The Kier molecular flexibility index (Phi) is 4.82. The summed E-state index contributed by atoms with van der Waals surface area (Å²) in [5.41, 5.74) is 1.32. The predicted molar refractivity (Wildman–Crippen MR) is 82.8 cm³/mol. The van der Waals surface area contributed by atoms with Crippen LogP contribution in [-0.2, 0) is 9.53 Å². The third-order valence-corrected chi connectivity index (χ3v) is 3.20. The summed E-state index contributed by atoms with van der Waals surface area (Å²) in [6, 6.07) is 9.95. The maximum absolute atomic E-state index is 12.0. The van der Waals surface area contributed by atoms with Crippen LogP contribution in [0.3, 0.4) is 0 Å². The summed E-state index contributed by atoms with van der Waals surface area (Å²) in [4.78, 5) is 24.1. The highest BCUT2D eigenvalue weighted by Gasteiger charge is 2.22. The van der Waals surface area contributed by atoms with E-state index in [2.05, 4.69) is 5.32 Å². The zero-order valence-electron chi connectivity index (χ0n) is 13.0. The Labute approximate surface area is 133 Å². The van der Waals surface area contributed by atoms with Crippen LogP contribution in [0.5, 0.6) is 0 Å². The Balaban J connectivity index is 1.98. The zero-order valence-corrected chi connectivity index (χ0v) is 13.0. The van der Waals surface area contributed by atoms with E-state index in [1.54, 1.807) is 44.2 Å². The van der Waals surface area contributed by atoms with E-state index in [4.69, 9.17) is 14.4 Å². The molecule has 6 nitrogen and oxygen atoms in total. The van der Waals surface area contributed by atoms with Crippen molar-refractivity contribution in [3.8, 4) is 6.07 Å². The van der Waals surface area contributed by atoms with Gasteiger partial charge >= 0.3 is 5.97 Å². The van der Waals surface area contributed by atoms with Crippen LogP contribution >= 0.6 is 0 Å². The lowest BCUT2D eigenvalue weighted by Gasteiger charge is -2.13. The highest BCUT2D eigenvalue weighted by atomic mass is 16.5. The fourth-order valence-corrected chi connectivity index (χ4v) is 1.98. The van der Waals surface area contributed by atoms with Crippen molar-refractivity contribution >= 4 is 17.6 Å². The number of esters is 1. The van der Waals surface area contributed by atoms with E-state index in [9.17, 15) is 9.59 Å². The third kappa shape index (κ3) is 3.98. The fraction of sp³-hybridized carbons (Fsp3) is 0.235. The standard InChI is InChI=1S/C17H16N2O4/c1-10-8-15(11(2)22-10)17(21)23-12(3)16(20)19-14-6-4-13(9-18)5-7-14/h4-8,12H,1-3H3,(H,19,20)/t12-/m0/s1. The van der Waals surface area contributed by atoms with Gasteiger partial charge < -0.3 is 14.5 Å². The van der Waals surface area contributed by atoms with Crippen molar-refractivity contribution < 1.29 is 18.7 Å².